The number of amides is 1. The molecular formula is C36H55NO. The average Bonchev–Trinajstić information content (AvgIpc) is 2.91. The molecule has 2 nitrogen and oxygen atoms in total. The molecule has 1 amide bonds. The van der Waals surface area contributed by atoms with Crippen LogP contribution in [0.4, 0.5) is 0 Å². The SMILES string of the molecule is O=C1CCCC(c2ccccc(C3CCCCCCCCC3)cccc2)CCN1CC1CCCCCCC1. The summed E-state index contributed by atoms with van der Waals surface area (Å²) in [5.74, 6) is 2.36. The Balaban J connectivity index is 1.40. The highest BCUT2D eigenvalue weighted by Crippen LogP contribution is 2.31. The number of hydrogen-bond acceptors (Lipinski definition) is 1. The van der Waals surface area contributed by atoms with E-state index in [-0.39, 0.29) is 0 Å². The minimum Gasteiger partial charge on any atom is -0.342 e. The van der Waals surface area contributed by atoms with E-state index < -0.39 is 0 Å². The summed E-state index contributed by atoms with van der Waals surface area (Å²) in [6, 6.07) is 18.6. The molecule has 0 spiro atoms. The van der Waals surface area contributed by atoms with Gasteiger partial charge in [0.1, 0.15) is 0 Å². The van der Waals surface area contributed by atoms with Crippen molar-refractivity contribution in [1.29, 1.82) is 0 Å². The first-order valence-electron chi connectivity index (χ1n) is 16.5. The molecule has 1 saturated heterocycles. The molecule has 1 aromatic rings. The zero-order chi connectivity index (χ0) is 26.3. The molecule has 1 atom stereocenters. The van der Waals surface area contributed by atoms with Crippen LogP contribution in [0.5, 0.6) is 0 Å². The van der Waals surface area contributed by atoms with E-state index in [2.05, 4.69) is 53.4 Å². The Bertz CT molecular complexity index is 831. The first kappa shape index (κ1) is 29.2. The molecule has 0 N–H and O–H groups in total. The monoisotopic (exact) mass is 517 g/mol. The van der Waals surface area contributed by atoms with E-state index in [0.29, 0.717) is 23.7 Å². The van der Waals surface area contributed by atoms with Gasteiger partial charge in [-0.1, -0.05) is 126 Å². The smallest absolute Gasteiger partial charge is 0.222 e. The molecule has 0 aromatic heterocycles. The molecule has 1 heterocycles. The van der Waals surface area contributed by atoms with Gasteiger partial charge in [0.2, 0.25) is 5.91 Å². The number of likely N-dealkylation sites (tertiary alicyclic amines) is 1. The van der Waals surface area contributed by atoms with Crippen molar-refractivity contribution in [3.63, 3.8) is 0 Å². The number of carbonyl (C=O) groups is 1. The van der Waals surface area contributed by atoms with Gasteiger partial charge in [0, 0.05) is 19.5 Å². The molecule has 1 aliphatic heterocycles. The molecule has 3 fully saturated rings. The Hall–Kier alpha value is -1.83. The van der Waals surface area contributed by atoms with Gasteiger partial charge in [-0.3, -0.25) is 4.79 Å². The average molecular weight is 518 g/mol. The van der Waals surface area contributed by atoms with Crippen molar-refractivity contribution in [2.75, 3.05) is 13.1 Å². The fourth-order valence-electron chi connectivity index (χ4n) is 7.27. The maximum absolute atomic E-state index is 13.0. The third-order valence-electron chi connectivity index (χ3n) is 9.67. The van der Waals surface area contributed by atoms with Crippen molar-refractivity contribution in [2.45, 2.75) is 140 Å². The van der Waals surface area contributed by atoms with Gasteiger partial charge < -0.3 is 4.90 Å². The Morgan fingerprint density at radius 1 is 0.526 bits per heavy atom. The summed E-state index contributed by atoms with van der Waals surface area (Å²) < 4.78 is 0. The normalized spacial score (nSPS) is 23.8. The van der Waals surface area contributed by atoms with Gasteiger partial charge in [-0.25, -0.2) is 0 Å². The lowest BCUT2D eigenvalue weighted by atomic mass is 9.87. The zero-order valence-electron chi connectivity index (χ0n) is 24.3. The first-order valence-corrected chi connectivity index (χ1v) is 16.5. The van der Waals surface area contributed by atoms with Gasteiger partial charge in [-0.2, -0.15) is 0 Å². The molecule has 3 aliphatic rings. The Morgan fingerprint density at radius 2 is 0.947 bits per heavy atom. The minimum atomic E-state index is 0.405. The summed E-state index contributed by atoms with van der Waals surface area (Å²) in [5, 5.41) is 0. The van der Waals surface area contributed by atoms with E-state index in [1.54, 1.807) is 0 Å². The standard InChI is InChI=1S/C36H55NO/c38-36-27-17-26-35(28-29-37(36)30-31-18-9-5-4-6-10-19-31)34-24-15-13-22-33(23-14-16-25-34)32-20-11-7-2-1-3-8-12-21-32/h13-16,22-25,31-32,35H,1-12,17-21,26-30H2. The van der Waals surface area contributed by atoms with Crippen LogP contribution in [0.25, 0.3) is 0 Å². The molecule has 210 valence electrons. The highest BCUT2D eigenvalue weighted by Gasteiger charge is 2.24. The Kier molecular flexibility index (Phi) is 13.0. The van der Waals surface area contributed by atoms with Crippen LogP contribution >= 0.6 is 0 Å². The molecule has 38 heavy (non-hydrogen) atoms. The fourth-order valence-corrected chi connectivity index (χ4v) is 7.27. The molecule has 1 unspecified atom stereocenters. The van der Waals surface area contributed by atoms with Gasteiger partial charge in [0.25, 0.3) is 0 Å². The molecule has 2 aliphatic carbocycles. The summed E-state index contributed by atoms with van der Waals surface area (Å²) in [7, 11) is 0. The second kappa shape index (κ2) is 17.0. The predicted molar refractivity (Wildman–Crippen MR) is 162 cm³/mol. The number of nitrogens with zero attached hydrogens (tertiary/aromatic N) is 1. The third-order valence-corrected chi connectivity index (χ3v) is 9.67. The van der Waals surface area contributed by atoms with E-state index in [9.17, 15) is 4.79 Å². The molecule has 0 bridgehead atoms. The second-order valence-corrected chi connectivity index (χ2v) is 12.6. The Morgan fingerprint density at radius 3 is 1.47 bits per heavy atom. The van der Waals surface area contributed by atoms with E-state index in [0.717, 1.165) is 38.8 Å². The molecule has 4 rings (SSSR count). The van der Waals surface area contributed by atoms with E-state index >= 15 is 0 Å². The first-order chi connectivity index (χ1) is 18.8. The van der Waals surface area contributed by atoms with Crippen molar-refractivity contribution in [1.82, 2.24) is 4.90 Å². The maximum atomic E-state index is 13.0. The van der Waals surface area contributed by atoms with E-state index in [4.69, 9.17) is 0 Å². The molecule has 2 heteroatoms. The largest absolute Gasteiger partial charge is 0.342 e. The van der Waals surface area contributed by atoms with Crippen LogP contribution in [0, 0.1) is 5.92 Å². The predicted octanol–water partition coefficient (Wildman–Crippen LogP) is 10.3. The second-order valence-electron chi connectivity index (χ2n) is 12.6. The van der Waals surface area contributed by atoms with Crippen molar-refractivity contribution in [3.05, 3.63) is 59.7 Å². The van der Waals surface area contributed by atoms with Gasteiger partial charge in [-0.15, -0.1) is 0 Å². The summed E-state index contributed by atoms with van der Waals surface area (Å²) in [5.41, 5.74) is 2.94. The van der Waals surface area contributed by atoms with Crippen molar-refractivity contribution in [3.8, 4) is 0 Å². The van der Waals surface area contributed by atoms with Gasteiger partial charge in [0.05, 0.1) is 0 Å². The summed E-state index contributed by atoms with van der Waals surface area (Å²) >= 11 is 0. The van der Waals surface area contributed by atoms with Crippen LogP contribution in [0.15, 0.2) is 48.5 Å². The topological polar surface area (TPSA) is 20.3 Å². The van der Waals surface area contributed by atoms with Gasteiger partial charge in [-0.05, 0) is 73.8 Å². The van der Waals surface area contributed by atoms with Crippen molar-refractivity contribution >= 4 is 5.91 Å². The minimum absolute atomic E-state index is 0.405. The number of rotatable bonds is 4. The lowest BCUT2D eigenvalue weighted by molar-refractivity contribution is -0.132. The third kappa shape index (κ3) is 10.0. The molecule has 1 aromatic carbocycles. The van der Waals surface area contributed by atoms with Crippen LogP contribution in [-0.4, -0.2) is 23.9 Å². The van der Waals surface area contributed by atoms with Crippen LogP contribution in [0.1, 0.15) is 151 Å². The molecule has 0 radical (unpaired) electrons. The van der Waals surface area contributed by atoms with Crippen molar-refractivity contribution < 1.29 is 4.79 Å². The van der Waals surface area contributed by atoms with Gasteiger partial charge in [0.15, 0.2) is 0 Å². The summed E-state index contributed by atoms with van der Waals surface area (Å²) in [4.78, 5) is 15.2. The van der Waals surface area contributed by atoms with Crippen LogP contribution < -0.4 is 0 Å². The fraction of sp³-hybridized carbons (Fsp3) is 0.694. The number of hydrogen-bond donors (Lipinski definition) is 0. The van der Waals surface area contributed by atoms with Crippen LogP contribution in [0.3, 0.4) is 0 Å². The Labute approximate surface area is 234 Å². The lowest BCUT2D eigenvalue weighted by Gasteiger charge is -2.32. The molecular weight excluding hydrogens is 462 g/mol. The van der Waals surface area contributed by atoms with Crippen molar-refractivity contribution in [2.24, 2.45) is 5.92 Å². The van der Waals surface area contributed by atoms with E-state index in [1.165, 1.54) is 114 Å². The zero-order valence-corrected chi connectivity index (χ0v) is 24.3. The quantitative estimate of drug-likeness (QED) is 0.389. The van der Waals surface area contributed by atoms with E-state index in [1.807, 2.05) is 0 Å². The summed E-state index contributed by atoms with van der Waals surface area (Å²) in [6.45, 7) is 1.92. The van der Waals surface area contributed by atoms with Crippen LogP contribution in [0.2, 0.25) is 0 Å². The highest BCUT2D eigenvalue weighted by atomic mass is 16.2. The van der Waals surface area contributed by atoms with Crippen LogP contribution in [-0.2, 0) is 4.79 Å². The lowest BCUT2D eigenvalue weighted by Crippen LogP contribution is -2.38. The summed E-state index contributed by atoms with van der Waals surface area (Å²) in [6.07, 6.45) is 26.0. The maximum Gasteiger partial charge on any atom is 0.222 e. The highest BCUT2D eigenvalue weighted by molar-refractivity contribution is 5.76. The number of carbonyl (C=O) groups excluding carboxylic acids is 1. The molecule has 2 saturated carbocycles. The van der Waals surface area contributed by atoms with Gasteiger partial charge >= 0.3 is 0 Å².